The van der Waals surface area contributed by atoms with E-state index in [0.717, 1.165) is 36.2 Å². The van der Waals surface area contributed by atoms with E-state index in [0.29, 0.717) is 11.8 Å². The minimum absolute atomic E-state index is 0.256. The van der Waals surface area contributed by atoms with E-state index in [-0.39, 0.29) is 6.04 Å². The van der Waals surface area contributed by atoms with Crippen LogP contribution in [0.1, 0.15) is 38.8 Å². The van der Waals surface area contributed by atoms with E-state index in [2.05, 4.69) is 46.5 Å². The molecule has 0 amide bonds. The minimum Gasteiger partial charge on any atom is -0.508 e. The van der Waals surface area contributed by atoms with Crippen LogP contribution in [0.15, 0.2) is 22.7 Å². The summed E-state index contributed by atoms with van der Waals surface area (Å²) >= 11 is 3.49. The molecule has 0 aromatic heterocycles. The number of aromatic hydroxyl groups is 1. The highest BCUT2D eigenvalue weighted by Crippen LogP contribution is 2.31. The van der Waals surface area contributed by atoms with Gasteiger partial charge < -0.3 is 5.11 Å². The number of hydrogen-bond donors (Lipinski definition) is 1. The molecule has 0 spiro atoms. The Morgan fingerprint density at radius 2 is 1.75 bits per heavy atom. The summed E-state index contributed by atoms with van der Waals surface area (Å²) in [7, 11) is 0. The van der Waals surface area contributed by atoms with Gasteiger partial charge in [-0.3, -0.25) is 9.80 Å². The molecule has 1 fully saturated rings. The zero-order valence-electron chi connectivity index (χ0n) is 12.6. The quantitative estimate of drug-likeness (QED) is 0.906. The van der Waals surface area contributed by atoms with Crippen LogP contribution < -0.4 is 0 Å². The van der Waals surface area contributed by atoms with Gasteiger partial charge in [-0.1, -0.05) is 22.9 Å². The van der Waals surface area contributed by atoms with Crippen LogP contribution in [-0.2, 0) is 0 Å². The van der Waals surface area contributed by atoms with Crippen LogP contribution in [0.5, 0.6) is 5.75 Å². The number of rotatable bonds is 4. The summed E-state index contributed by atoms with van der Waals surface area (Å²) in [6.45, 7) is 11.1. The van der Waals surface area contributed by atoms with Gasteiger partial charge in [0.2, 0.25) is 0 Å². The molecule has 0 radical (unpaired) electrons. The number of benzene rings is 1. The van der Waals surface area contributed by atoms with Crippen LogP contribution in [0.25, 0.3) is 0 Å². The van der Waals surface area contributed by atoms with Crippen molar-refractivity contribution in [3.63, 3.8) is 0 Å². The van der Waals surface area contributed by atoms with Crippen molar-refractivity contribution in [1.82, 2.24) is 9.80 Å². The first-order valence-corrected chi connectivity index (χ1v) is 8.28. The molecule has 1 aromatic rings. The zero-order chi connectivity index (χ0) is 14.7. The standard InChI is InChI=1S/C16H25BrN2O/c1-4-12(2)18-7-9-19(10-8-18)13(3)15-11-14(17)5-6-16(15)20/h5-6,11-13,20H,4,7-10H2,1-3H3. The molecule has 3 nitrogen and oxygen atoms in total. The lowest BCUT2D eigenvalue weighted by molar-refractivity contribution is 0.0765. The first-order valence-electron chi connectivity index (χ1n) is 7.49. The lowest BCUT2D eigenvalue weighted by Gasteiger charge is -2.40. The molecule has 0 saturated carbocycles. The third-order valence-electron chi connectivity index (χ3n) is 4.55. The van der Waals surface area contributed by atoms with Crippen molar-refractivity contribution >= 4 is 15.9 Å². The van der Waals surface area contributed by atoms with Gasteiger partial charge in [0, 0.05) is 48.3 Å². The molecule has 1 heterocycles. The van der Waals surface area contributed by atoms with Crippen molar-refractivity contribution in [2.45, 2.75) is 39.3 Å². The highest BCUT2D eigenvalue weighted by Gasteiger charge is 2.25. The molecule has 2 rings (SSSR count). The van der Waals surface area contributed by atoms with Crippen LogP contribution in [0.2, 0.25) is 0 Å². The van der Waals surface area contributed by atoms with Crippen LogP contribution in [0, 0.1) is 0 Å². The summed E-state index contributed by atoms with van der Waals surface area (Å²) < 4.78 is 1.02. The van der Waals surface area contributed by atoms with E-state index in [1.54, 1.807) is 6.07 Å². The van der Waals surface area contributed by atoms with Crippen molar-refractivity contribution < 1.29 is 5.11 Å². The molecule has 4 heteroatoms. The smallest absolute Gasteiger partial charge is 0.120 e. The fraction of sp³-hybridized carbons (Fsp3) is 0.625. The van der Waals surface area contributed by atoms with Crippen molar-refractivity contribution in [1.29, 1.82) is 0 Å². The van der Waals surface area contributed by atoms with Crippen molar-refractivity contribution in [3.05, 3.63) is 28.2 Å². The monoisotopic (exact) mass is 340 g/mol. The first-order chi connectivity index (χ1) is 9.52. The molecule has 1 N–H and O–H groups in total. The molecule has 1 aliphatic heterocycles. The van der Waals surface area contributed by atoms with E-state index < -0.39 is 0 Å². The fourth-order valence-corrected chi connectivity index (χ4v) is 3.26. The van der Waals surface area contributed by atoms with Crippen LogP contribution in [0.4, 0.5) is 0 Å². The molecule has 112 valence electrons. The Bertz CT molecular complexity index is 444. The Morgan fingerprint density at radius 1 is 1.15 bits per heavy atom. The van der Waals surface area contributed by atoms with Gasteiger partial charge in [0.05, 0.1) is 0 Å². The van der Waals surface area contributed by atoms with Crippen molar-refractivity contribution in [2.75, 3.05) is 26.2 Å². The van der Waals surface area contributed by atoms with Crippen LogP contribution in [-0.4, -0.2) is 47.1 Å². The van der Waals surface area contributed by atoms with Gasteiger partial charge in [-0.05, 0) is 38.5 Å². The van der Waals surface area contributed by atoms with E-state index >= 15 is 0 Å². The number of phenolic OH excluding ortho intramolecular Hbond substituents is 1. The molecule has 1 aliphatic rings. The third-order valence-corrected chi connectivity index (χ3v) is 5.04. The lowest BCUT2D eigenvalue weighted by atomic mass is 10.0. The average molecular weight is 341 g/mol. The maximum atomic E-state index is 10.1. The second kappa shape index (κ2) is 6.92. The van der Waals surface area contributed by atoms with Gasteiger partial charge in [0.1, 0.15) is 5.75 Å². The number of nitrogens with zero attached hydrogens (tertiary/aromatic N) is 2. The van der Waals surface area contributed by atoms with Crippen molar-refractivity contribution in [3.8, 4) is 5.75 Å². The Balaban J connectivity index is 2.01. The van der Waals surface area contributed by atoms with E-state index in [1.807, 2.05) is 12.1 Å². The second-order valence-electron chi connectivity index (χ2n) is 5.71. The number of halogens is 1. The Morgan fingerprint density at radius 3 is 2.35 bits per heavy atom. The average Bonchev–Trinajstić information content (AvgIpc) is 2.48. The highest BCUT2D eigenvalue weighted by molar-refractivity contribution is 9.10. The largest absolute Gasteiger partial charge is 0.508 e. The minimum atomic E-state index is 0.256. The molecular weight excluding hydrogens is 316 g/mol. The summed E-state index contributed by atoms with van der Waals surface area (Å²) in [5, 5.41) is 10.1. The van der Waals surface area contributed by atoms with Crippen LogP contribution >= 0.6 is 15.9 Å². The number of piperazine rings is 1. The first kappa shape index (κ1) is 15.8. The third kappa shape index (κ3) is 3.54. The number of phenols is 1. The van der Waals surface area contributed by atoms with Gasteiger partial charge in [-0.15, -0.1) is 0 Å². The molecule has 1 aromatic carbocycles. The van der Waals surface area contributed by atoms with E-state index in [4.69, 9.17) is 0 Å². The zero-order valence-corrected chi connectivity index (χ0v) is 14.2. The summed E-state index contributed by atoms with van der Waals surface area (Å²) in [6.07, 6.45) is 1.21. The molecule has 0 aliphatic carbocycles. The topological polar surface area (TPSA) is 26.7 Å². The molecule has 2 unspecified atom stereocenters. The SMILES string of the molecule is CCC(C)N1CCN(C(C)c2cc(Br)ccc2O)CC1. The Labute approximate surface area is 130 Å². The fourth-order valence-electron chi connectivity index (χ4n) is 2.88. The van der Waals surface area contributed by atoms with Gasteiger partial charge in [0.25, 0.3) is 0 Å². The summed E-state index contributed by atoms with van der Waals surface area (Å²) in [4.78, 5) is 5.02. The normalized spacial score (nSPS) is 20.8. The molecule has 0 bridgehead atoms. The Hall–Kier alpha value is -0.580. The molecular formula is C16H25BrN2O. The lowest BCUT2D eigenvalue weighted by Crippen LogP contribution is -2.49. The summed E-state index contributed by atoms with van der Waals surface area (Å²) in [6, 6.07) is 6.61. The molecule has 20 heavy (non-hydrogen) atoms. The predicted molar refractivity (Wildman–Crippen MR) is 87.1 cm³/mol. The van der Waals surface area contributed by atoms with Gasteiger partial charge >= 0.3 is 0 Å². The predicted octanol–water partition coefficient (Wildman–Crippen LogP) is 3.63. The second-order valence-corrected chi connectivity index (χ2v) is 6.62. The maximum absolute atomic E-state index is 10.1. The molecule has 2 atom stereocenters. The van der Waals surface area contributed by atoms with Gasteiger partial charge in [-0.25, -0.2) is 0 Å². The highest BCUT2D eigenvalue weighted by atomic mass is 79.9. The summed E-state index contributed by atoms with van der Waals surface area (Å²) in [5.41, 5.74) is 1.01. The van der Waals surface area contributed by atoms with Crippen molar-refractivity contribution in [2.24, 2.45) is 0 Å². The van der Waals surface area contributed by atoms with E-state index in [9.17, 15) is 5.11 Å². The Kier molecular flexibility index (Phi) is 5.47. The van der Waals surface area contributed by atoms with Gasteiger partial charge in [0.15, 0.2) is 0 Å². The maximum Gasteiger partial charge on any atom is 0.120 e. The van der Waals surface area contributed by atoms with Crippen LogP contribution in [0.3, 0.4) is 0 Å². The van der Waals surface area contributed by atoms with E-state index in [1.165, 1.54) is 6.42 Å². The molecule has 1 saturated heterocycles. The van der Waals surface area contributed by atoms with Gasteiger partial charge in [-0.2, -0.15) is 0 Å². The summed E-state index contributed by atoms with van der Waals surface area (Å²) in [5.74, 6) is 0.394. The number of hydrogen-bond acceptors (Lipinski definition) is 3.